The van der Waals surface area contributed by atoms with Crippen molar-refractivity contribution in [3.63, 3.8) is 0 Å². The molecule has 0 aromatic heterocycles. The van der Waals surface area contributed by atoms with Crippen LogP contribution < -0.4 is 5.73 Å². The molecule has 5 nitrogen and oxygen atoms in total. The monoisotopic (exact) mass is 279 g/mol. The van der Waals surface area contributed by atoms with Gasteiger partial charge in [-0.2, -0.15) is 0 Å². The Morgan fingerprint density at radius 3 is 2.50 bits per heavy atom. The van der Waals surface area contributed by atoms with Crippen LogP contribution in [0.25, 0.3) is 0 Å². The fourth-order valence-electron chi connectivity index (χ4n) is 4.36. The van der Waals surface area contributed by atoms with Crippen molar-refractivity contribution in [3.05, 3.63) is 0 Å². The third-order valence-electron chi connectivity index (χ3n) is 5.72. The highest BCUT2D eigenvalue weighted by atomic mass is 16.4. The van der Waals surface area contributed by atoms with Gasteiger partial charge >= 0.3 is 0 Å². The topological polar surface area (TPSA) is 78.9 Å². The Morgan fingerprint density at radius 1 is 1.15 bits per heavy atom. The molecule has 20 heavy (non-hydrogen) atoms. The largest absolute Gasteiger partial charge is 0.409 e. The Labute approximate surface area is 120 Å². The Kier molecular flexibility index (Phi) is 3.61. The van der Waals surface area contributed by atoms with E-state index in [1.807, 2.05) is 0 Å². The van der Waals surface area contributed by atoms with Gasteiger partial charge in [-0.25, -0.2) is 0 Å². The van der Waals surface area contributed by atoms with E-state index in [9.17, 15) is 4.79 Å². The molecule has 1 aliphatic heterocycles. The molecule has 5 heteroatoms. The van der Waals surface area contributed by atoms with E-state index in [1.54, 1.807) is 0 Å². The summed E-state index contributed by atoms with van der Waals surface area (Å²) in [5.74, 6) is 0.910. The zero-order valence-corrected chi connectivity index (χ0v) is 12.1. The number of fused-ring (bicyclic) bond motifs is 1. The Morgan fingerprint density at radius 2 is 1.85 bits per heavy atom. The van der Waals surface area contributed by atoms with Crippen LogP contribution in [-0.4, -0.2) is 34.4 Å². The van der Waals surface area contributed by atoms with E-state index in [2.05, 4.69) is 10.1 Å². The molecule has 0 spiro atoms. The molecule has 3 fully saturated rings. The summed E-state index contributed by atoms with van der Waals surface area (Å²) < 4.78 is 0. The second-order valence-corrected chi connectivity index (χ2v) is 6.67. The summed E-state index contributed by atoms with van der Waals surface area (Å²) in [4.78, 5) is 15.1. The van der Waals surface area contributed by atoms with Crippen LogP contribution in [0, 0.1) is 11.3 Å². The molecular formula is C15H25N3O2. The van der Waals surface area contributed by atoms with Crippen LogP contribution in [0.5, 0.6) is 0 Å². The average Bonchev–Trinajstić information content (AvgIpc) is 2.45. The molecular weight excluding hydrogens is 254 g/mol. The number of likely N-dealkylation sites (tertiary alicyclic amines) is 1. The van der Waals surface area contributed by atoms with Gasteiger partial charge in [-0.1, -0.05) is 24.4 Å². The number of amidine groups is 1. The third kappa shape index (κ3) is 1.98. The number of hydrogen-bond acceptors (Lipinski definition) is 3. The van der Waals surface area contributed by atoms with Crippen LogP contribution in [0.2, 0.25) is 0 Å². The Bertz CT molecular complexity index is 415. The molecule has 3 aliphatic rings. The minimum absolute atomic E-state index is 0.117. The molecule has 0 aromatic rings. The predicted molar refractivity (Wildman–Crippen MR) is 76.4 cm³/mol. The number of nitrogens with two attached hydrogens (primary N) is 1. The highest BCUT2D eigenvalue weighted by molar-refractivity contribution is 6.07. The Hall–Kier alpha value is -1.26. The number of nitrogens with zero attached hydrogens (tertiary/aromatic N) is 2. The van der Waals surface area contributed by atoms with E-state index >= 15 is 0 Å². The van der Waals surface area contributed by atoms with Crippen molar-refractivity contribution in [1.82, 2.24) is 4.90 Å². The molecule has 0 bridgehead atoms. The zero-order valence-electron chi connectivity index (χ0n) is 12.1. The molecule has 2 aliphatic carbocycles. The number of piperidine rings is 1. The van der Waals surface area contributed by atoms with Crippen LogP contribution in [0.15, 0.2) is 5.16 Å². The van der Waals surface area contributed by atoms with Gasteiger partial charge in [0.05, 0.1) is 0 Å². The lowest BCUT2D eigenvalue weighted by atomic mass is 9.66. The standard InChI is InChI=1S/C15H25N3O2/c16-13(17-20)15(8-4-9-15)14(19)18-10-3-6-11-5-1-2-7-12(11)18/h11-12,20H,1-10H2,(H2,16,17). The summed E-state index contributed by atoms with van der Waals surface area (Å²) in [6, 6.07) is 0.397. The summed E-state index contributed by atoms with van der Waals surface area (Å²) in [6.07, 6.45) is 9.71. The second-order valence-electron chi connectivity index (χ2n) is 6.67. The van der Waals surface area contributed by atoms with Crippen molar-refractivity contribution in [2.75, 3.05) is 6.54 Å². The van der Waals surface area contributed by atoms with Gasteiger partial charge in [-0.05, 0) is 44.4 Å². The first-order valence-corrected chi connectivity index (χ1v) is 7.98. The lowest BCUT2D eigenvalue weighted by Crippen LogP contribution is -2.60. The number of oxime groups is 1. The van der Waals surface area contributed by atoms with Gasteiger partial charge in [0, 0.05) is 12.6 Å². The van der Waals surface area contributed by atoms with E-state index in [-0.39, 0.29) is 11.7 Å². The molecule has 0 radical (unpaired) electrons. The van der Waals surface area contributed by atoms with Crippen molar-refractivity contribution in [2.24, 2.45) is 22.2 Å². The predicted octanol–water partition coefficient (Wildman–Crippen LogP) is 2.08. The Balaban J connectivity index is 1.81. The first-order valence-electron chi connectivity index (χ1n) is 7.98. The van der Waals surface area contributed by atoms with E-state index in [0.29, 0.717) is 12.0 Å². The molecule has 1 saturated heterocycles. The molecule has 0 aromatic carbocycles. The SMILES string of the molecule is NC(=NO)C1(C(=O)N2CCCC3CCCCC32)CCC1. The molecule has 2 atom stereocenters. The van der Waals surface area contributed by atoms with Gasteiger partial charge in [-0.15, -0.1) is 0 Å². The lowest BCUT2D eigenvalue weighted by Gasteiger charge is -2.49. The van der Waals surface area contributed by atoms with Crippen molar-refractivity contribution < 1.29 is 10.0 Å². The maximum absolute atomic E-state index is 13.0. The molecule has 3 N–H and O–H groups in total. The second kappa shape index (κ2) is 5.26. The summed E-state index contributed by atoms with van der Waals surface area (Å²) >= 11 is 0. The molecule has 112 valence electrons. The van der Waals surface area contributed by atoms with Gasteiger partial charge in [0.25, 0.3) is 0 Å². The highest BCUT2D eigenvalue weighted by Gasteiger charge is 2.52. The van der Waals surface area contributed by atoms with Crippen molar-refractivity contribution >= 4 is 11.7 Å². The summed E-state index contributed by atoms with van der Waals surface area (Å²) in [7, 11) is 0. The first-order chi connectivity index (χ1) is 9.69. The number of carbonyl (C=O) groups excluding carboxylic acids is 1. The maximum Gasteiger partial charge on any atom is 0.236 e. The zero-order chi connectivity index (χ0) is 14.2. The molecule has 3 rings (SSSR count). The fourth-order valence-corrected chi connectivity index (χ4v) is 4.36. The number of amides is 1. The summed E-state index contributed by atoms with van der Waals surface area (Å²) in [5.41, 5.74) is 5.14. The molecule has 2 saturated carbocycles. The van der Waals surface area contributed by atoms with E-state index in [0.717, 1.165) is 38.6 Å². The quantitative estimate of drug-likeness (QED) is 0.351. The highest BCUT2D eigenvalue weighted by Crippen LogP contribution is 2.45. The van der Waals surface area contributed by atoms with Gasteiger partial charge in [-0.3, -0.25) is 4.79 Å². The lowest BCUT2D eigenvalue weighted by molar-refractivity contribution is -0.148. The van der Waals surface area contributed by atoms with Crippen molar-refractivity contribution in [2.45, 2.75) is 63.8 Å². The van der Waals surface area contributed by atoms with E-state index in [1.165, 1.54) is 25.7 Å². The fraction of sp³-hybridized carbons (Fsp3) is 0.867. The minimum atomic E-state index is -0.700. The number of carbonyl (C=O) groups is 1. The third-order valence-corrected chi connectivity index (χ3v) is 5.72. The normalized spacial score (nSPS) is 33.2. The molecule has 1 amide bonds. The van der Waals surface area contributed by atoms with Crippen molar-refractivity contribution in [1.29, 1.82) is 0 Å². The number of rotatable bonds is 2. The van der Waals surface area contributed by atoms with Crippen LogP contribution in [-0.2, 0) is 4.79 Å². The average molecular weight is 279 g/mol. The summed E-state index contributed by atoms with van der Waals surface area (Å²) in [6.45, 7) is 0.848. The van der Waals surface area contributed by atoms with Gasteiger partial charge in [0.2, 0.25) is 5.91 Å². The number of hydrogen-bond donors (Lipinski definition) is 2. The van der Waals surface area contributed by atoms with E-state index in [4.69, 9.17) is 10.9 Å². The summed E-state index contributed by atoms with van der Waals surface area (Å²) in [5, 5.41) is 12.2. The van der Waals surface area contributed by atoms with Crippen LogP contribution >= 0.6 is 0 Å². The van der Waals surface area contributed by atoms with Crippen molar-refractivity contribution in [3.8, 4) is 0 Å². The molecule has 1 heterocycles. The van der Waals surface area contributed by atoms with E-state index < -0.39 is 5.41 Å². The maximum atomic E-state index is 13.0. The van der Waals surface area contributed by atoms with Crippen LogP contribution in [0.3, 0.4) is 0 Å². The van der Waals surface area contributed by atoms with Crippen LogP contribution in [0.1, 0.15) is 57.8 Å². The van der Waals surface area contributed by atoms with Crippen LogP contribution in [0.4, 0.5) is 0 Å². The van der Waals surface area contributed by atoms with Gasteiger partial charge < -0.3 is 15.8 Å². The van der Waals surface area contributed by atoms with Gasteiger partial charge in [0.1, 0.15) is 5.41 Å². The first kappa shape index (κ1) is 13.7. The minimum Gasteiger partial charge on any atom is -0.409 e. The molecule has 2 unspecified atom stereocenters. The smallest absolute Gasteiger partial charge is 0.236 e. The van der Waals surface area contributed by atoms with Gasteiger partial charge in [0.15, 0.2) is 5.84 Å².